The van der Waals surface area contributed by atoms with Crippen molar-refractivity contribution in [3.63, 3.8) is 0 Å². The zero-order valence-corrected chi connectivity index (χ0v) is 22.0. The fraction of sp³-hybridized carbons (Fsp3) is 0.323. The van der Waals surface area contributed by atoms with Crippen molar-refractivity contribution < 1.29 is 28.2 Å². The maximum absolute atomic E-state index is 13.6. The van der Waals surface area contributed by atoms with Gasteiger partial charge in [-0.05, 0) is 61.2 Å². The van der Waals surface area contributed by atoms with Crippen LogP contribution in [0.3, 0.4) is 0 Å². The molecule has 3 aromatic carbocycles. The molecule has 0 saturated carbocycles. The molecule has 1 fully saturated rings. The van der Waals surface area contributed by atoms with Gasteiger partial charge in [-0.2, -0.15) is 0 Å². The highest BCUT2D eigenvalue weighted by atomic mass is 19.1. The van der Waals surface area contributed by atoms with Crippen molar-refractivity contribution in [1.82, 2.24) is 10.2 Å². The maximum Gasteiger partial charge on any atom is 0.263 e. The first kappa shape index (κ1) is 25.9. The van der Waals surface area contributed by atoms with Crippen molar-refractivity contribution >= 4 is 23.4 Å². The van der Waals surface area contributed by atoms with Crippen molar-refractivity contribution in [2.45, 2.75) is 25.4 Å². The van der Waals surface area contributed by atoms with Gasteiger partial charge in [-0.15, -0.1) is 0 Å². The predicted molar refractivity (Wildman–Crippen MR) is 146 cm³/mol. The molecular weight excluding hydrogens is 513 g/mol. The van der Waals surface area contributed by atoms with Crippen LogP contribution in [0.2, 0.25) is 0 Å². The molecule has 0 radical (unpaired) electrons. The van der Waals surface area contributed by atoms with Crippen molar-refractivity contribution in [2.75, 3.05) is 37.7 Å². The van der Waals surface area contributed by atoms with Gasteiger partial charge in [0.05, 0.1) is 29.3 Å². The molecular formula is C31H30FN3O5. The van der Waals surface area contributed by atoms with Crippen LogP contribution in [0.25, 0.3) is 0 Å². The van der Waals surface area contributed by atoms with Gasteiger partial charge in [0.25, 0.3) is 11.8 Å². The lowest BCUT2D eigenvalue weighted by molar-refractivity contribution is -0.125. The van der Waals surface area contributed by atoms with E-state index in [1.165, 1.54) is 17.0 Å². The highest BCUT2D eigenvalue weighted by molar-refractivity contribution is 6.23. The second-order valence-electron chi connectivity index (χ2n) is 10.4. The molecule has 3 heterocycles. The number of nitrogens with zero attached hydrogens (tertiary/aromatic N) is 2. The van der Waals surface area contributed by atoms with Crippen molar-refractivity contribution in [3.05, 3.63) is 89.2 Å². The number of fused-ring (bicyclic) bond motifs is 2. The van der Waals surface area contributed by atoms with Crippen LogP contribution in [0, 0.1) is 11.7 Å². The summed E-state index contributed by atoms with van der Waals surface area (Å²) in [7, 11) is 0. The van der Waals surface area contributed by atoms with E-state index in [-0.39, 0.29) is 42.6 Å². The predicted octanol–water partition coefficient (Wildman–Crippen LogP) is 3.84. The van der Waals surface area contributed by atoms with E-state index < -0.39 is 6.10 Å². The smallest absolute Gasteiger partial charge is 0.263 e. The molecule has 3 amide bonds. The van der Waals surface area contributed by atoms with Crippen molar-refractivity contribution in [1.29, 1.82) is 0 Å². The normalized spacial score (nSPS) is 19.9. The molecule has 0 bridgehead atoms. The second kappa shape index (κ2) is 11.0. The van der Waals surface area contributed by atoms with Gasteiger partial charge in [0.15, 0.2) is 17.6 Å². The van der Waals surface area contributed by atoms with Gasteiger partial charge >= 0.3 is 0 Å². The van der Waals surface area contributed by atoms with Crippen LogP contribution in [0.5, 0.6) is 11.5 Å². The van der Waals surface area contributed by atoms with Crippen LogP contribution in [-0.4, -0.2) is 61.5 Å². The lowest BCUT2D eigenvalue weighted by atomic mass is 9.95. The first-order valence-electron chi connectivity index (χ1n) is 13.6. The molecule has 8 nitrogen and oxygen atoms in total. The highest BCUT2D eigenvalue weighted by Gasteiger charge is 2.41. The Morgan fingerprint density at radius 3 is 2.60 bits per heavy atom. The Labute approximate surface area is 231 Å². The van der Waals surface area contributed by atoms with Gasteiger partial charge in [-0.1, -0.05) is 30.3 Å². The number of imide groups is 1. The molecule has 6 rings (SSSR count). The number of benzene rings is 3. The Bertz CT molecular complexity index is 1440. The van der Waals surface area contributed by atoms with Crippen LogP contribution < -0.4 is 19.7 Å². The van der Waals surface area contributed by atoms with Gasteiger partial charge in [0.1, 0.15) is 12.4 Å². The van der Waals surface area contributed by atoms with Gasteiger partial charge in [-0.25, -0.2) is 4.39 Å². The minimum absolute atomic E-state index is 0.0434. The molecule has 0 spiro atoms. The number of carbonyl (C=O) groups excluding carboxylic acids is 3. The number of halogens is 1. The summed E-state index contributed by atoms with van der Waals surface area (Å²) in [6.07, 6.45) is 1.67. The fourth-order valence-electron chi connectivity index (χ4n) is 5.64. The largest absolute Gasteiger partial charge is 0.486 e. The molecule has 0 aliphatic carbocycles. The Kier molecular flexibility index (Phi) is 7.11. The summed E-state index contributed by atoms with van der Waals surface area (Å²) in [5, 5.41) is 3.00. The average Bonchev–Trinajstić information content (AvgIpc) is 3.23. The molecule has 40 heavy (non-hydrogen) atoms. The summed E-state index contributed by atoms with van der Waals surface area (Å²) in [5.74, 6) is -0.0470. The van der Waals surface area contributed by atoms with Crippen molar-refractivity contribution in [2.24, 2.45) is 5.92 Å². The number of nitrogens with one attached hydrogen (secondary N) is 1. The van der Waals surface area contributed by atoms with E-state index in [0.29, 0.717) is 54.4 Å². The second-order valence-corrected chi connectivity index (χ2v) is 10.4. The van der Waals surface area contributed by atoms with E-state index in [1.807, 2.05) is 29.2 Å². The molecule has 206 valence electrons. The molecule has 3 aliphatic rings. The van der Waals surface area contributed by atoms with Crippen LogP contribution >= 0.6 is 0 Å². The van der Waals surface area contributed by atoms with E-state index in [0.717, 1.165) is 18.4 Å². The monoisotopic (exact) mass is 543 g/mol. The Morgan fingerprint density at radius 2 is 1.77 bits per heavy atom. The van der Waals surface area contributed by atoms with Crippen LogP contribution in [0.1, 0.15) is 39.1 Å². The lowest BCUT2D eigenvalue weighted by Gasteiger charge is -2.34. The highest BCUT2D eigenvalue weighted by Crippen LogP contribution is 2.36. The first-order chi connectivity index (χ1) is 19.5. The molecule has 0 aromatic heterocycles. The van der Waals surface area contributed by atoms with Crippen LogP contribution in [0.15, 0.2) is 66.7 Å². The van der Waals surface area contributed by atoms with Crippen LogP contribution in [-0.2, 0) is 11.2 Å². The van der Waals surface area contributed by atoms with Gasteiger partial charge in [-0.3, -0.25) is 19.3 Å². The molecule has 1 N–H and O–H groups in total. The summed E-state index contributed by atoms with van der Waals surface area (Å²) in [6.45, 7) is 1.92. The fourth-order valence-corrected chi connectivity index (χ4v) is 5.64. The molecule has 9 heteroatoms. The van der Waals surface area contributed by atoms with Gasteiger partial charge in [0, 0.05) is 19.6 Å². The van der Waals surface area contributed by atoms with Gasteiger partial charge < -0.3 is 19.7 Å². The number of hydrogen-bond donors (Lipinski definition) is 1. The Morgan fingerprint density at radius 1 is 0.975 bits per heavy atom. The molecule has 3 aliphatic heterocycles. The third-order valence-electron chi connectivity index (χ3n) is 7.69. The van der Waals surface area contributed by atoms with E-state index in [2.05, 4.69) is 5.32 Å². The Hall–Kier alpha value is -4.40. The number of amides is 3. The van der Waals surface area contributed by atoms with Crippen LogP contribution in [0.4, 0.5) is 10.1 Å². The number of ether oxygens (including phenoxy) is 2. The third kappa shape index (κ3) is 5.11. The van der Waals surface area contributed by atoms with E-state index >= 15 is 0 Å². The SMILES string of the molecule is O=C(NCCc1ccc(F)cc1)[C@H]1CCCN(c2cccc3c2C(=O)N(C[C@@H]2COc4ccccc4O2)C3=O)C1. The number of piperidine rings is 1. The number of rotatable bonds is 7. The minimum Gasteiger partial charge on any atom is -0.486 e. The summed E-state index contributed by atoms with van der Waals surface area (Å²) in [6, 6.07) is 18.9. The summed E-state index contributed by atoms with van der Waals surface area (Å²) in [4.78, 5) is 43.1. The third-order valence-corrected chi connectivity index (χ3v) is 7.69. The topological polar surface area (TPSA) is 88.2 Å². The quantitative estimate of drug-likeness (QED) is 0.456. The molecule has 2 atom stereocenters. The summed E-state index contributed by atoms with van der Waals surface area (Å²) in [5.41, 5.74) is 2.37. The van der Waals surface area contributed by atoms with E-state index in [1.54, 1.807) is 30.3 Å². The number of anilines is 1. The zero-order chi connectivity index (χ0) is 27.6. The van der Waals surface area contributed by atoms with E-state index in [4.69, 9.17) is 9.47 Å². The molecule has 1 saturated heterocycles. The number of para-hydroxylation sites is 2. The summed E-state index contributed by atoms with van der Waals surface area (Å²) >= 11 is 0. The number of carbonyl (C=O) groups is 3. The number of hydrogen-bond acceptors (Lipinski definition) is 6. The standard InChI is InChI=1S/C31H30FN3O5/c32-22-12-10-20(11-13-22)14-15-33-29(36)21-5-4-16-34(17-21)25-7-3-6-24-28(25)31(38)35(30(24)37)18-23-19-39-26-8-1-2-9-27(26)40-23/h1-3,6-13,21,23H,4-5,14-19H2,(H,33,36)/t21-,23+/m0/s1. The molecule has 0 unspecified atom stereocenters. The maximum atomic E-state index is 13.6. The van der Waals surface area contributed by atoms with Crippen molar-refractivity contribution in [3.8, 4) is 11.5 Å². The van der Waals surface area contributed by atoms with E-state index in [9.17, 15) is 18.8 Å². The first-order valence-corrected chi connectivity index (χ1v) is 13.6. The lowest BCUT2D eigenvalue weighted by Crippen LogP contribution is -2.44. The molecule has 3 aromatic rings. The minimum atomic E-state index is -0.474. The summed E-state index contributed by atoms with van der Waals surface area (Å²) < 4.78 is 24.9. The Balaban J connectivity index is 1.11. The van der Waals surface area contributed by atoms with Gasteiger partial charge in [0.2, 0.25) is 5.91 Å². The zero-order valence-electron chi connectivity index (χ0n) is 22.0. The average molecular weight is 544 g/mol.